The first-order valence-corrected chi connectivity index (χ1v) is 8.40. The monoisotopic (exact) mass is 300 g/mol. The highest BCUT2D eigenvalue weighted by Crippen LogP contribution is 2.15. The molecule has 106 valence electrons. The Morgan fingerprint density at radius 3 is 2.68 bits per heavy atom. The molecule has 1 aromatic rings. The lowest BCUT2D eigenvalue weighted by Crippen LogP contribution is -2.22. The Kier molecular flexibility index (Phi) is 5.75. The fourth-order valence-electron chi connectivity index (χ4n) is 1.69. The predicted octanol–water partition coefficient (Wildman–Crippen LogP) is 1.58. The average Bonchev–Trinajstić information content (AvgIpc) is 2.38. The lowest BCUT2D eigenvalue weighted by molar-refractivity contribution is 0.594. The van der Waals surface area contributed by atoms with Crippen LogP contribution in [0.1, 0.15) is 18.9 Å². The molecule has 0 fully saturated rings. The zero-order chi connectivity index (χ0) is 14.5. The van der Waals surface area contributed by atoms with Crippen molar-refractivity contribution >= 4 is 32.7 Å². The van der Waals surface area contributed by atoms with E-state index >= 15 is 0 Å². The van der Waals surface area contributed by atoms with Gasteiger partial charge in [-0.3, -0.25) is 0 Å². The van der Waals surface area contributed by atoms with Crippen LogP contribution in [0.3, 0.4) is 0 Å². The van der Waals surface area contributed by atoms with E-state index in [9.17, 15) is 8.42 Å². The lowest BCUT2D eigenvalue weighted by Gasteiger charge is -2.19. The van der Waals surface area contributed by atoms with Crippen molar-refractivity contribution in [2.45, 2.75) is 13.3 Å². The second-order valence-corrected chi connectivity index (χ2v) is 7.34. The number of sulfone groups is 1. The van der Waals surface area contributed by atoms with E-state index in [1.807, 2.05) is 36.2 Å². The van der Waals surface area contributed by atoms with E-state index in [2.05, 4.69) is 0 Å². The van der Waals surface area contributed by atoms with Crippen molar-refractivity contribution in [1.82, 2.24) is 0 Å². The van der Waals surface area contributed by atoms with E-state index in [-0.39, 0.29) is 11.5 Å². The SMILES string of the molecule is CCS(=O)(=O)CCCN(C)c1cccc(C(N)=S)c1. The van der Waals surface area contributed by atoms with Crippen molar-refractivity contribution in [2.75, 3.05) is 30.0 Å². The van der Waals surface area contributed by atoms with E-state index < -0.39 is 9.84 Å². The molecule has 1 rings (SSSR count). The van der Waals surface area contributed by atoms with Gasteiger partial charge in [0.05, 0.1) is 5.75 Å². The maximum atomic E-state index is 11.4. The molecule has 4 nitrogen and oxygen atoms in total. The Balaban J connectivity index is 2.61. The summed E-state index contributed by atoms with van der Waals surface area (Å²) in [4.78, 5) is 2.37. The molecule has 0 heterocycles. The Morgan fingerprint density at radius 2 is 2.11 bits per heavy atom. The number of rotatable bonds is 7. The van der Waals surface area contributed by atoms with Gasteiger partial charge in [-0.15, -0.1) is 0 Å². The topological polar surface area (TPSA) is 63.4 Å². The van der Waals surface area contributed by atoms with Gasteiger partial charge in [0.25, 0.3) is 0 Å². The van der Waals surface area contributed by atoms with Crippen LogP contribution in [0.4, 0.5) is 5.69 Å². The van der Waals surface area contributed by atoms with Gasteiger partial charge in [-0.2, -0.15) is 0 Å². The zero-order valence-electron chi connectivity index (χ0n) is 11.3. The minimum absolute atomic E-state index is 0.202. The molecule has 1 aromatic carbocycles. The number of hydrogen-bond donors (Lipinski definition) is 1. The molecule has 19 heavy (non-hydrogen) atoms. The Hall–Kier alpha value is -1.14. The van der Waals surface area contributed by atoms with Crippen LogP contribution in [0.2, 0.25) is 0 Å². The smallest absolute Gasteiger partial charge is 0.150 e. The molecular formula is C13H20N2O2S2. The summed E-state index contributed by atoms with van der Waals surface area (Å²) in [6, 6.07) is 7.62. The quantitative estimate of drug-likeness (QED) is 0.775. The molecule has 0 saturated carbocycles. The molecule has 0 aliphatic heterocycles. The maximum Gasteiger partial charge on any atom is 0.150 e. The number of nitrogens with two attached hydrogens (primary N) is 1. The molecule has 0 aliphatic carbocycles. The van der Waals surface area contributed by atoms with Crippen molar-refractivity contribution in [1.29, 1.82) is 0 Å². The van der Waals surface area contributed by atoms with E-state index in [0.717, 1.165) is 11.3 Å². The number of hydrogen-bond acceptors (Lipinski definition) is 4. The van der Waals surface area contributed by atoms with Gasteiger partial charge in [-0.05, 0) is 18.6 Å². The molecule has 0 saturated heterocycles. The van der Waals surface area contributed by atoms with Gasteiger partial charge < -0.3 is 10.6 Å². The fourth-order valence-corrected chi connectivity index (χ4v) is 2.68. The molecular weight excluding hydrogens is 280 g/mol. The molecule has 6 heteroatoms. The first-order valence-electron chi connectivity index (χ1n) is 6.17. The molecule has 0 unspecified atom stereocenters. The fraction of sp³-hybridized carbons (Fsp3) is 0.462. The third-order valence-corrected chi connectivity index (χ3v) is 4.99. The van der Waals surface area contributed by atoms with E-state index in [4.69, 9.17) is 18.0 Å². The van der Waals surface area contributed by atoms with E-state index in [1.165, 1.54) is 0 Å². The number of anilines is 1. The van der Waals surface area contributed by atoms with E-state index in [1.54, 1.807) is 6.92 Å². The van der Waals surface area contributed by atoms with Crippen LogP contribution in [-0.4, -0.2) is 38.5 Å². The van der Waals surface area contributed by atoms with Crippen molar-refractivity contribution in [2.24, 2.45) is 5.73 Å². The molecule has 0 aliphatic rings. The summed E-state index contributed by atoms with van der Waals surface area (Å²) in [6.45, 7) is 2.35. The highest BCUT2D eigenvalue weighted by Gasteiger charge is 2.08. The first kappa shape index (κ1) is 15.9. The van der Waals surface area contributed by atoms with Gasteiger partial charge >= 0.3 is 0 Å². The summed E-state index contributed by atoms with van der Waals surface area (Å²) in [5.41, 5.74) is 7.40. The summed E-state index contributed by atoms with van der Waals surface area (Å²) >= 11 is 4.94. The molecule has 0 aromatic heterocycles. The summed E-state index contributed by atoms with van der Waals surface area (Å²) in [7, 11) is -0.959. The molecule has 0 spiro atoms. The molecule has 0 radical (unpaired) electrons. The van der Waals surface area contributed by atoms with Crippen molar-refractivity contribution in [3.63, 3.8) is 0 Å². The number of thiocarbonyl (C=S) groups is 1. The summed E-state index contributed by atoms with van der Waals surface area (Å²) in [5, 5.41) is 0. The minimum Gasteiger partial charge on any atom is -0.389 e. The molecule has 2 N–H and O–H groups in total. The summed E-state index contributed by atoms with van der Waals surface area (Å²) < 4.78 is 22.8. The number of nitrogens with zero attached hydrogens (tertiary/aromatic N) is 1. The van der Waals surface area contributed by atoms with Crippen LogP contribution in [0.15, 0.2) is 24.3 Å². The number of benzene rings is 1. The molecule has 0 atom stereocenters. The van der Waals surface area contributed by atoms with Crippen LogP contribution >= 0.6 is 12.2 Å². The molecule has 0 bridgehead atoms. The normalized spacial score (nSPS) is 11.3. The third kappa shape index (κ3) is 5.16. The summed E-state index contributed by atoms with van der Waals surface area (Å²) in [5.74, 6) is 0.427. The second-order valence-electron chi connectivity index (χ2n) is 4.43. The highest BCUT2D eigenvalue weighted by molar-refractivity contribution is 7.91. The van der Waals surface area contributed by atoms with Gasteiger partial charge in [0.15, 0.2) is 0 Å². The van der Waals surface area contributed by atoms with Crippen molar-refractivity contribution in [3.8, 4) is 0 Å². The average molecular weight is 300 g/mol. The van der Waals surface area contributed by atoms with Crippen molar-refractivity contribution < 1.29 is 8.42 Å². The lowest BCUT2D eigenvalue weighted by atomic mass is 10.2. The Morgan fingerprint density at radius 1 is 1.42 bits per heavy atom. The second kappa shape index (κ2) is 6.86. The van der Waals surface area contributed by atoms with Gasteiger partial charge in [0.1, 0.15) is 14.8 Å². The van der Waals surface area contributed by atoms with Crippen LogP contribution in [0, 0.1) is 0 Å². The van der Waals surface area contributed by atoms with Gasteiger partial charge in [0, 0.05) is 30.6 Å². The van der Waals surface area contributed by atoms with Crippen molar-refractivity contribution in [3.05, 3.63) is 29.8 Å². The maximum absolute atomic E-state index is 11.4. The zero-order valence-corrected chi connectivity index (χ0v) is 12.9. The predicted molar refractivity (Wildman–Crippen MR) is 84.5 cm³/mol. The summed E-state index contributed by atoms with van der Waals surface area (Å²) in [6.07, 6.45) is 0.615. The van der Waals surface area contributed by atoms with Gasteiger partial charge in [-0.25, -0.2) is 8.42 Å². The van der Waals surface area contributed by atoms with Crippen LogP contribution in [0.25, 0.3) is 0 Å². The largest absolute Gasteiger partial charge is 0.389 e. The third-order valence-electron chi connectivity index (χ3n) is 2.96. The van der Waals surface area contributed by atoms with E-state index in [0.29, 0.717) is 18.0 Å². The first-order chi connectivity index (χ1) is 8.85. The van der Waals surface area contributed by atoms with Gasteiger partial charge in [0.2, 0.25) is 0 Å². The Labute approximate surface area is 120 Å². The standard InChI is InChI=1S/C13H20N2O2S2/c1-3-19(16,17)9-5-8-15(2)12-7-4-6-11(10-12)13(14)18/h4,6-7,10H,3,5,8-9H2,1-2H3,(H2,14,18). The Bertz CT molecular complexity index is 541. The van der Waals surface area contributed by atoms with Gasteiger partial charge in [-0.1, -0.05) is 31.3 Å². The minimum atomic E-state index is -2.89. The van der Waals surface area contributed by atoms with Crippen LogP contribution < -0.4 is 10.6 Å². The van der Waals surface area contributed by atoms with Crippen LogP contribution in [-0.2, 0) is 9.84 Å². The van der Waals surface area contributed by atoms with Crippen LogP contribution in [0.5, 0.6) is 0 Å². The molecule has 0 amide bonds. The highest BCUT2D eigenvalue weighted by atomic mass is 32.2.